The number of nitrogens with one attached hydrogen (secondary N) is 1. The smallest absolute Gasteiger partial charge is 0.0817 e. The molecule has 0 aromatic heterocycles. The number of hydrogen-bond acceptors (Lipinski definition) is 2. The van der Waals surface area contributed by atoms with E-state index >= 15 is 0 Å². The molecule has 2 atom stereocenters. The summed E-state index contributed by atoms with van der Waals surface area (Å²) in [4.78, 5) is 0. The van der Waals surface area contributed by atoms with Crippen LogP contribution in [0.15, 0.2) is 182 Å². The van der Waals surface area contributed by atoms with Crippen LogP contribution in [0.4, 0.5) is 0 Å². The van der Waals surface area contributed by atoms with Gasteiger partial charge < -0.3 is 5.73 Å². The molecule has 8 aromatic rings. The third-order valence-electron chi connectivity index (χ3n) is 13.0. The molecule has 0 radical (unpaired) electrons. The summed E-state index contributed by atoms with van der Waals surface area (Å²) in [5, 5.41) is 6.37. The first-order chi connectivity index (χ1) is 28.2. The van der Waals surface area contributed by atoms with Crippen molar-refractivity contribution in [3.8, 4) is 44.5 Å². The van der Waals surface area contributed by atoms with Crippen molar-refractivity contribution < 1.29 is 0 Å². The van der Waals surface area contributed by atoms with Gasteiger partial charge in [-0.15, -0.1) is 0 Å². The average molecular weight is 749 g/mol. The molecule has 0 bridgehead atoms. The number of rotatable bonds is 8. The first-order valence-electron chi connectivity index (χ1n) is 20.5. The van der Waals surface area contributed by atoms with Crippen LogP contribution >= 0.6 is 0 Å². The van der Waals surface area contributed by atoms with Crippen molar-refractivity contribution in [2.24, 2.45) is 5.73 Å². The lowest BCUT2D eigenvalue weighted by molar-refractivity contribution is 0.510. The Morgan fingerprint density at radius 1 is 0.466 bits per heavy atom. The van der Waals surface area contributed by atoms with Gasteiger partial charge in [0.05, 0.1) is 12.2 Å². The number of nitrogens with two attached hydrogens (primary N) is 1. The van der Waals surface area contributed by atoms with Crippen molar-refractivity contribution >= 4 is 16.8 Å². The van der Waals surface area contributed by atoms with E-state index in [0.29, 0.717) is 0 Å². The molecule has 2 heteroatoms. The van der Waals surface area contributed by atoms with Crippen LogP contribution in [0.25, 0.3) is 61.4 Å². The van der Waals surface area contributed by atoms with Crippen LogP contribution in [0.5, 0.6) is 0 Å². The Kier molecular flexibility index (Phi) is 8.67. The van der Waals surface area contributed by atoms with E-state index in [1.165, 1.54) is 83.1 Å². The van der Waals surface area contributed by atoms with Crippen LogP contribution < -0.4 is 11.1 Å². The van der Waals surface area contributed by atoms with Crippen molar-refractivity contribution in [1.82, 2.24) is 5.32 Å². The molecule has 2 aliphatic rings. The lowest BCUT2D eigenvalue weighted by atomic mass is 9.81. The van der Waals surface area contributed by atoms with Gasteiger partial charge in [0.25, 0.3) is 0 Å². The third kappa shape index (κ3) is 5.95. The van der Waals surface area contributed by atoms with Crippen molar-refractivity contribution in [3.63, 3.8) is 0 Å². The van der Waals surface area contributed by atoms with Gasteiger partial charge >= 0.3 is 0 Å². The van der Waals surface area contributed by atoms with E-state index in [9.17, 15) is 0 Å². The molecule has 0 saturated carbocycles. The Hall–Kier alpha value is -6.32. The highest BCUT2D eigenvalue weighted by atomic mass is 15.0. The minimum atomic E-state index is -0.358. The number of fused-ring (bicyclic) bond motifs is 7. The quantitative estimate of drug-likeness (QED) is 0.152. The molecule has 0 spiro atoms. The average Bonchev–Trinajstić information content (AvgIpc) is 3.63. The van der Waals surface area contributed by atoms with E-state index in [2.05, 4.69) is 203 Å². The Balaban J connectivity index is 1.01. The van der Waals surface area contributed by atoms with Crippen LogP contribution in [-0.2, 0) is 10.8 Å². The molecule has 58 heavy (non-hydrogen) atoms. The molecule has 2 aliphatic carbocycles. The molecule has 0 saturated heterocycles. The van der Waals surface area contributed by atoms with Crippen LogP contribution in [0, 0.1) is 0 Å². The van der Waals surface area contributed by atoms with Gasteiger partial charge in [-0.05, 0) is 112 Å². The molecule has 10 rings (SSSR count). The predicted octanol–water partition coefficient (Wildman–Crippen LogP) is 13.8. The SMILES string of the molecule is CC1(C)c2ccccc2-c2cc(-c3ccccc3C(/C=C/c3ccc(-c4cccc5c4-c4cc6ccccc6cc4C5(C)C)cc3)NC(N)c3ccccc3)ccc21. The lowest BCUT2D eigenvalue weighted by Gasteiger charge is -2.24. The van der Waals surface area contributed by atoms with E-state index in [1.807, 2.05) is 18.2 Å². The van der Waals surface area contributed by atoms with Gasteiger partial charge in [-0.1, -0.05) is 198 Å². The maximum Gasteiger partial charge on any atom is 0.0817 e. The zero-order valence-electron chi connectivity index (χ0n) is 33.6. The van der Waals surface area contributed by atoms with Gasteiger partial charge in [0.1, 0.15) is 0 Å². The van der Waals surface area contributed by atoms with Crippen LogP contribution in [0.1, 0.15) is 78.8 Å². The van der Waals surface area contributed by atoms with E-state index in [4.69, 9.17) is 5.73 Å². The van der Waals surface area contributed by atoms with Gasteiger partial charge in [0.15, 0.2) is 0 Å². The fraction of sp³-hybridized carbons (Fsp3) is 0.143. The van der Waals surface area contributed by atoms with E-state index in [-0.39, 0.29) is 23.0 Å². The molecule has 0 fully saturated rings. The molecule has 2 nitrogen and oxygen atoms in total. The second-order valence-electron chi connectivity index (χ2n) is 17.1. The van der Waals surface area contributed by atoms with E-state index < -0.39 is 0 Å². The van der Waals surface area contributed by atoms with Crippen LogP contribution in [0.3, 0.4) is 0 Å². The Bertz CT molecular complexity index is 2880. The van der Waals surface area contributed by atoms with Crippen molar-refractivity contribution in [2.75, 3.05) is 0 Å². The van der Waals surface area contributed by atoms with E-state index in [1.54, 1.807) is 0 Å². The van der Waals surface area contributed by atoms with E-state index in [0.717, 1.165) is 11.1 Å². The summed E-state index contributed by atoms with van der Waals surface area (Å²) >= 11 is 0. The molecule has 282 valence electrons. The van der Waals surface area contributed by atoms with Gasteiger partial charge in [0, 0.05) is 10.8 Å². The maximum absolute atomic E-state index is 6.92. The minimum Gasteiger partial charge on any atom is -0.312 e. The summed E-state index contributed by atoms with van der Waals surface area (Å²) in [6, 6.07) is 64.1. The Labute approximate surface area is 342 Å². The topological polar surface area (TPSA) is 38.0 Å². The number of hydrogen-bond donors (Lipinski definition) is 2. The summed E-state index contributed by atoms with van der Waals surface area (Å²) in [7, 11) is 0. The Morgan fingerprint density at radius 2 is 1.07 bits per heavy atom. The zero-order chi connectivity index (χ0) is 39.6. The largest absolute Gasteiger partial charge is 0.312 e. The minimum absolute atomic E-state index is 0.0364. The van der Waals surface area contributed by atoms with Crippen LogP contribution in [0.2, 0.25) is 0 Å². The first kappa shape index (κ1) is 36.0. The Morgan fingerprint density at radius 3 is 1.86 bits per heavy atom. The molecular weight excluding hydrogens is 701 g/mol. The monoisotopic (exact) mass is 748 g/mol. The second-order valence-corrected chi connectivity index (χ2v) is 17.1. The summed E-state index contributed by atoms with van der Waals surface area (Å²) < 4.78 is 0. The van der Waals surface area contributed by atoms with Gasteiger partial charge in [0.2, 0.25) is 0 Å². The molecule has 2 unspecified atom stereocenters. The highest BCUT2D eigenvalue weighted by Gasteiger charge is 2.37. The summed E-state index contributed by atoms with van der Waals surface area (Å²) in [6.45, 7) is 9.39. The first-order valence-corrected chi connectivity index (χ1v) is 20.5. The lowest BCUT2D eigenvalue weighted by Crippen LogP contribution is -2.31. The highest BCUT2D eigenvalue weighted by molar-refractivity contribution is 5.98. The summed E-state index contributed by atoms with van der Waals surface area (Å²) in [5.41, 5.74) is 25.9. The molecule has 8 aromatic carbocycles. The summed E-state index contributed by atoms with van der Waals surface area (Å²) in [6.07, 6.45) is 4.15. The van der Waals surface area contributed by atoms with Crippen LogP contribution in [-0.4, -0.2) is 0 Å². The standard InChI is InChI=1S/C56H48N2/c1-55(2)48-23-13-12-20-44(48)46-34-41(30-31-49(46)55)42-19-10-11-21-45(42)52(58-54(57)38-15-6-5-7-16-38)32-27-36-25-28-37(29-26-36)43-22-14-24-50-53(43)47-33-39-17-8-9-18-40(39)35-51(47)56(50,3)4/h5-35,52,54,58H,57H2,1-4H3/b32-27+. The molecule has 0 amide bonds. The van der Waals surface area contributed by atoms with Crippen molar-refractivity contribution in [3.05, 3.63) is 221 Å². The molecule has 3 N–H and O–H groups in total. The normalized spacial score (nSPS) is 15.5. The molecule has 0 heterocycles. The second kappa shape index (κ2) is 14.0. The highest BCUT2D eigenvalue weighted by Crippen LogP contribution is 2.53. The van der Waals surface area contributed by atoms with Gasteiger partial charge in [-0.3, -0.25) is 5.32 Å². The van der Waals surface area contributed by atoms with Gasteiger partial charge in [-0.25, -0.2) is 0 Å². The predicted molar refractivity (Wildman–Crippen MR) is 245 cm³/mol. The fourth-order valence-corrected chi connectivity index (χ4v) is 9.81. The number of benzene rings is 8. The van der Waals surface area contributed by atoms with Crippen molar-refractivity contribution in [1.29, 1.82) is 0 Å². The summed E-state index contributed by atoms with van der Waals surface area (Å²) in [5.74, 6) is 0. The molecular formula is C56H48N2. The van der Waals surface area contributed by atoms with Gasteiger partial charge in [-0.2, -0.15) is 0 Å². The van der Waals surface area contributed by atoms with Crippen molar-refractivity contribution in [2.45, 2.75) is 50.7 Å². The molecule has 0 aliphatic heterocycles. The maximum atomic E-state index is 6.92. The fourth-order valence-electron chi connectivity index (χ4n) is 9.81. The third-order valence-corrected chi connectivity index (χ3v) is 13.0. The zero-order valence-corrected chi connectivity index (χ0v) is 33.6.